The Bertz CT molecular complexity index is 671. The maximum absolute atomic E-state index is 13.6. The topological polar surface area (TPSA) is 58.9 Å². The molecule has 0 saturated carbocycles. The number of benzene rings is 1. The van der Waals surface area contributed by atoms with Crippen molar-refractivity contribution in [3.63, 3.8) is 0 Å². The lowest BCUT2D eigenvalue weighted by molar-refractivity contribution is -0.135. The highest BCUT2D eigenvalue weighted by atomic mass is 35.5. The third-order valence-electron chi connectivity index (χ3n) is 3.30. The second-order valence-corrected chi connectivity index (χ2v) is 5.56. The molecule has 4 nitrogen and oxygen atoms in total. The first-order valence-electron chi connectivity index (χ1n) is 6.66. The third-order valence-corrected chi connectivity index (χ3v) is 3.91. The van der Waals surface area contributed by atoms with Crippen LogP contribution < -0.4 is 0 Å². The lowest BCUT2D eigenvalue weighted by Crippen LogP contribution is -2.19. The largest absolute Gasteiger partial charge is 0.506 e. The van der Waals surface area contributed by atoms with Gasteiger partial charge in [-0.05, 0) is 31.4 Å². The summed E-state index contributed by atoms with van der Waals surface area (Å²) >= 11 is 11.6. The molecule has 0 bridgehead atoms. The van der Waals surface area contributed by atoms with E-state index in [0.717, 1.165) is 18.9 Å². The molecular weight excluding hydrogens is 332 g/mol. The van der Waals surface area contributed by atoms with Crippen LogP contribution in [0.4, 0.5) is 4.39 Å². The van der Waals surface area contributed by atoms with Gasteiger partial charge < -0.3 is 9.84 Å². The fourth-order valence-electron chi connectivity index (χ4n) is 2.19. The van der Waals surface area contributed by atoms with Gasteiger partial charge in [0.1, 0.15) is 17.1 Å². The van der Waals surface area contributed by atoms with E-state index in [1.165, 1.54) is 13.2 Å². The lowest BCUT2D eigenvalue weighted by atomic mass is 9.98. The molecule has 1 heterocycles. The molecule has 1 aliphatic heterocycles. The number of carbonyl (C=O) groups excluding carboxylic acids is 1. The number of halogens is 3. The number of aliphatic hydroxyl groups excluding tert-OH is 1. The second-order valence-electron chi connectivity index (χ2n) is 4.75. The Morgan fingerprint density at radius 3 is 2.64 bits per heavy atom. The summed E-state index contributed by atoms with van der Waals surface area (Å²) in [5.41, 5.74) is 0.310. The van der Waals surface area contributed by atoms with Crippen LogP contribution in [0.15, 0.2) is 22.7 Å². The van der Waals surface area contributed by atoms with Crippen molar-refractivity contribution in [2.75, 3.05) is 13.7 Å². The molecule has 118 valence electrons. The summed E-state index contributed by atoms with van der Waals surface area (Å²) in [6.07, 6.45) is 2.28. The van der Waals surface area contributed by atoms with Crippen molar-refractivity contribution in [2.24, 2.45) is 4.99 Å². The number of methoxy groups -OCH3 is 1. The highest BCUT2D eigenvalue weighted by molar-refractivity contribution is 6.36. The average Bonchev–Trinajstić information content (AvgIpc) is 2.51. The Hall–Kier alpha value is -1.59. The molecule has 1 aliphatic rings. The van der Waals surface area contributed by atoms with E-state index in [1.807, 2.05) is 0 Å². The van der Waals surface area contributed by atoms with E-state index in [1.54, 1.807) is 0 Å². The Morgan fingerprint density at radius 2 is 2.05 bits per heavy atom. The van der Waals surface area contributed by atoms with E-state index >= 15 is 0 Å². The van der Waals surface area contributed by atoms with Crippen LogP contribution in [0, 0.1) is 5.82 Å². The summed E-state index contributed by atoms with van der Waals surface area (Å²) < 4.78 is 18.3. The zero-order valence-electron chi connectivity index (χ0n) is 11.8. The number of hydrogen-bond acceptors (Lipinski definition) is 4. The zero-order chi connectivity index (χ0) is 16.3. The minimum absolute atomic E-state index is 0.0294. The lowest BCUT2D eigenvalue weighted by Gasteiger charge is -2.16. The number of aliphatic imine (C=N–C) groups is 1. The Labute approximate surface area is 137 Å². The van der Waals surface area contributed by atoms with Crippen molar-refractivity contribution in [1.82, 2.24) is 0 Å². The van der Waals surface area contributed by atoms with Crippen LogP contribution in [-0.2, 0) is 9.53 Å². The molecule has 0 spiro atoms. The van der Waals surface area contributed by atoms with E-state index in [9.17, 15) is 14.3 Å². The van der Waals surface area contributed by atoms with Gasteiger partial charge in [-0.15, -0.1) is 0 Å². The predicted molar refractivity (Wildman–Crippen MR) is 84.1 cm³/mol. The quantitative estimate of drug-likeness (QED) is 0.386. The van der Waals surface area contributed by atoms with Crippen molar-refractivity contribution in [1.29, 1.82) is 0 Å². The van der Waals surface area contributed by atoms with Crippen LogP contribution in [0.2, 0.25) is 10.0 Å². The van der Waals surface area contributed by atoms with Crippen molar-refractivity contribution in [3.8, 4) is 0 Å². The van der Waals surface area contributed by atoms with Gasteiger partial charge in [0.05, 0.1) is 22.9 Å². The minimum atomic E-state index is -0.748. The highest BCUT2D eigenvalue weighted by Crippen LogP contribution is 2.31. The Balaban J connectivity index is 2.61. The molecule has 1 N–H and O–H groups in total. The van der Waals surface area contributed by atoms with Gasteiger partial charge in [-0.1, -0.05) is 23.2 Å². The molecule has 1 aromatic carbocycles. The van der Waals surface area contributed by atoms with E-state index in [2.05, 4.69) is 4.99 Å². The fraction of sp³-hybridized carbons (Fsp3) is 0.333. The molecule has 0 atom stereocenters. The highest BCUT2D eigenvalue weighted by Gasteiger charge is 2.25. The van der Waals surface area contributed by atoms with Crippen LogP contribution in [0.1, 0.15) is 24.8 Å². The van der Waals surface area contributed by atoms with Gasteiger partial charge in [0, 0.05) is 12.1 Å². The smallest absolute Gasteiger partial charge is 0.343 e. The second kappa shape index (κ2) is 7.11. The van der Waals surface area contributed by atoms with Crippen LogP contribution in [-0.4, -0.2) is 30.4 Å². The summed E-state index contributed by atoms with van der Waals surface area (Å²) in [7, 11) is 1.20. The van der Waals surface area contributed by atoms with Crippen molar-refractivity contribution >= 4 is 40.6 Å². The Kier molecular flexibility index (Phi) is 5.42. The fourth-order valence-corrected chi connectivity index (χ4v) is 2.67. The molecule has 2 rings (SSSR count). The monoisotopic (exact) mass is 345 g/mol. The zero-order valence-corrected chi connectivity index (χ0v) is 13.3. The normalized spacial score (nSPS) is 15.9. The molecule has 0 aromatic heterocycles. The van der Waals surface area contributed by atoms with Crippen molar-refractivity contribution < 1.29 is 19.0 Å². The molecule has 0 radical (unpaired) electrons. The number of carbonyl (C=O) groups is 1. The van der Waals surface area contributed by atoms with Gasteiger partial charge in [-0.25, -0.2) is 9.18 Å². The predicted octanol–water partition coefficient (Wildman–Crippen LogP) is 4.20. The Morgan fingerprint density at radius 1 is 1.32 bits per heavy atom. The van der Waals surface area contributed by atoms with Crippen LogP contribution >= 0.6 is 23.2 Å². The van der Waals surface area contributed by atoms with Crippen LogP contribution in [0.25, 0.3) is 5.76 Å². The first kappa shape index (κ1) is 16.8. The van der Waals surface area contributed by atoms with Gasteiger partial charge >= 0.3 is 5.97 Å². The van der Waals surface area contributed by atoms with Crippen molar-refractivity contribution in [3.05, 3.63) is 39.1 Å². The van der Waals surface area contributed by atoms with Gasteiger partial charge in [0.15, 0.2) is 0 Å². The molecule has 22 heavy (non-hydrogen) atoms. The molecule has 1 aromatic rings. The maximum Gasteiger partial charge on any atom is 0.343 e. The summed E-state index contributed by atoms with van der Waals surface area (Å²) in [4.78, 5) is 16.3. The molecule has 0 saturated heterocycles. The number of rotatable bonds is 3. The van der Waals surface area contributed by atoms with Crippen LogP contribution in [0.3, 0.4) is 0 Å². The SMILES string of the molecule is COC(=O)/C(C1=NCCCC1)=C(/O)c1cc(F)c(Cl)cc1Cl. The van der Waals surface area contributed by atoms with Crippen molar-refractivity contribution in [2.45, 2.75) is 19.3 Å². The number of aliphatic hydroxyl groups is 1. The summed E-state index contributed by atoms with van der Waals surface area (Å²) in [6.45, 7) is 0.561. The molecule has 0 unspecified atom stereocenters. The number of nitrogens with zero attached hydrogens (tertiary/aromatic N) is 1. The minimum Gasteiger partial charge on any atom is -0.506 e. The van der Waals surface area contributed by atoms with Gasteiger partial charge in [-0.2, -0.15) is 0 Å². The molecule has 7 heteroatoms. The molecular formula is C15H14Cl2FNO3. The van der Waals surface area contributed by atoms with Crippen LogP contribution in [0.5, 0.6) is 0 Å². The number of ether oxygens (including phenoxy) is 1. The maximum atomic E-state index is 13.6. The average molecular weight is 346 g/mol. The third kappa shape index (κ3) is 3.42. The van der Waals surface area contributed by atoms with Gasteiger partial charge in [0.2, 0.25) is 0 Å². The number of hydrogen-bond donors (Lipinski definition) is 1. The standard InChI is InChI=1S/C15H14Cl2FNO3/c1-22-15(21)13(12-4-2-3-5-19-12)14(20)8-6-11(18)10(17)7-9(8)16/h6-7,20H,2-5H2,1H3/b14-13+. The van der Waals surface area contributed by atoms with E-state index < -0.39 is 17.5 Å². The van der Waals surface area contributed by atoms with E-state index in [4.69, 9.17) is 27.9 Å². The molecule has 0 fully saturated rings. The first-order chi connectivity index (χ1) is 10.5. The first-order valence-corrected chi connectivity index (χ1v) is 7.41. The van der Waals surface area contributed by atoms with E-state index in [-0.39, 0.29) is 21.2 Å². The summed E-state index contributed by atoms with van der Waals surface area (Å²) in [5.74, 6) is -1.96. The summed E-state index contributed by atoms with van der Waals surface area (Å²) in [5, 5.41) is 10.3. The van der Waals surface area contributed by atoms with Gasteiger partial charge in [0.25, 0.3) is 0 Å². The van der Waals surface area contributed by atoms with E-state index in [0.29, 0.717) is 18.7 Å². The molecule has 0 aliphatic carbocycles. The molecule has 0 amide bonds. The summed E-state index contributed by atoms with van der Waals surface area (Å²) in [6, 6.07) is 2.15. The number of esters is 1. The van der Waals surface area contributed by atoms with Gasteiger partial charge in [-0.3, -0.25) is 4.99 Å².